The smallest absolute Gasteiger partial charge is 0.125 e. The van der Waals surface area contributed by atoms with Gasteiger partial charge in [-0.15, -0.1) is 11.3 Å². The van der Waals surface area contributed by atoms with Crippen LogP contribution in [0, 0.1) is 0 Å². The van der Waals surface area contributed by atoms with Gasteiger partial charge in [0.15, 0.2) is 0 Å². The van der Waals surface area contributed by atoms with E-state index in [1.807, 2.05) is 0 Å². The van der Waals surface area contributed by atoms with Gasteiger partial charge in [-0.1, -0.05) is 72.8 Å². The Morgan fingerprint density at radius 3 is 2.17 bits per heavy atom. The summed E-state index contributed by atoms with van der Waals surface area (Å²) in [6, 6.07) is 27.8. The number of nitrogens with zero attached hydrogens (tertiary/aromatic N) is 1. The summed E-state index contributed by atoms with van der Waals surface area (Å²) in [7, 11) is 0. The largest absolute Gasteiger partial charge is 0.235 e. The topological polar surface area (TPSA) is 12.9 Å². The molecule has 0 unspecified atom stereocenters. The minimum atomic E-state index is 1.09. The van der Waals surface area contributed by atoms with Crippen LogP contribution in [0.1, 0.15) is 0 Å². The summed E-state index contributed by atoms with van der Waals surface area (Å²) < 4.78 is 1.24. The SMILES string of the molecule is c1ccc2c(-c3nc4c(ccc5ccccc54)s3)cccc2c1. The number of rotatable bonds is 1. The first-order valence-electron chi connectivity index (χ1n) is 7.66. The lowest BCUT2D eigenvalue weighted by Gasteiger charge is -2.02. The van der Waals surface area contributed by atoms with Gasteiger partial charge >= 0.3 is 0 Å². The maximum atomic E-state index is 4.98. The van der Waals surface area contributed by atoms with Crippen molar-refractivity contribution in [2.75, 3.05) is 0 Å². The average molecular weight is 311 g/mol. The Morgan fingerprint density at radius 2 is 1.30 bits per heavy atom. The number of thiazole rings is 1. The van der Waals surface area contributed by atoms with Crippen molar-refractivity contribution in [3.05, 3.63) is 78.9 Å². The van der Waals surface area contributed by atoms with E-state index in [0.29, 0.717) is 0 Å². The van der Waals surface area contributed by atoms with Crippen LogP contribution in [0.15, 0.2) is 78.9 Å². The lowest BCUT2D eigenvalue weighted by Crippen LogP contribution is -1.80. The molecule has 0 atom stereocenters. The van der Waals surface area contributed by atoms with Gasteiger partial charge in [0.25, 0.3) is 0 Å². The van der Waals surface area contributed by atoms with Crippen molar-refractivity contribution >= 4 is 43.1 Å². The first-order valence-corrected chi connectivity index (χ1v) is 8.48. The molecular formula is C21H13NS. The zero-order chi connectivity index (χ0) is 15.2. The number of fused-ring (bicyclic) bond motifs is 4. The third-order valence-electron chi connectivity index (χ3n) is 4.30. The number of aromatic nitrogens is 1. The van der Waals surface area contributed by atoms with E-state index in [9.17, 15) is 0 Å². The molecule has 0 aliphatic carbocycles. The quantitative estimate of drug-likeness (QED) is 0.355. The van der Waals surface area contributed by atoms with Crippen molar-refractivity contribution in [2.45, 2.75) is 0 Å². The Labute approximate surface area is 137 Å². The molecule has 108 valence electrons. The second-order valence-corrected chi connectivity index (χ2v) is 6.71. The normalized spacial score (nSPS) is 11.5. The van der Waals surface area contributed by atoms with Crippen LogP contribution in [0.2, 0.25) is 0 Å². The average Bonchev–Trinajstić information content (AvgIpc) is 3.06. The fourth-order valence-corrected chi connectivity index (χ4v) is 4.21. The molecule has 1 heterocycles. The van der Waals surface area contributed by atoms with Gasteiger partial charge in [-0.3, -0.25) is 0 Å². The minimum absolute atomic E-state index is 1.09. The highest BCUT2D eigenvalue weighted by molar-refractivity contribution is 7.21. The molecule has 0 spiro atoms. The fraction of sp³-hybridized carbons (Fsp3) is 0. The molecular weight excluding hydrogens is 298 g/mol. The summed E-state index contributed by atoms with van der Waals surface area (Å²) in [5.41, 5.74) is 2.32. The van der Waals surface area contributed by atoms with Gasteiger partial charge in [0.05, 0.1) is 10.2 Å². The Balaban J connectivity index is 1.84. The maximum absolute atomic E-state index is 4.98. The van der Waals surface area contributed by atoms with E-state index in [-0.39, 0.29) is 0 Å². The van der Waals surface area contributed by atoms with Crippen molar-refractivity contribution in [2.24, 2.45) is 0 Å². The molecule has 0 fully saturated rings. The van der Waals surface area contributed by atoms with Gasteiger partial charge in [-0.2, -0.15) is 0 Å². The zero-order valence-corrected chi connectivity index (χ0v) is 13.2. The molecule has 0 aliphatic heterocycles. The van der Waals surface area contributed by atoms with Crippen LogP contribution in [-0.4, -0.2) is 4.98 Å². The highest BCUT2D eigenvalue weighted by Gasteiger charge is 2.11. The van der Waals surface area contributed by atoms with Crippen LogP contribution >= 0.6 is 11.3 Å². The lowest BCUT2D eigenvalue weighted by molar-refractivity contribution is 1.50. The van der Waals surface area contributed by atoms with Gasteiger partial charge in [-0.05, 0) is 22.2 Å². The summed E-state index contributed by atoms with van der Waals surface area (Å²) in [5, 5.41) is 6.09. The van der Waals surface area contributed by atoms with Crippen LogP contribution in [0.3, 0.4) is 0 Å². The van der Waals surface area contributed by atoms with Crippen LogP contribution in [0.5, 0.6) is 0 Å². The van der Waals surface area contributed by atoms with E-state index >= 15 is 0 Å². The first-order chi connectivity index (χ1) is 11.4. The Morgan fingerprint density at radius 1 is 0.609 bits per heavy atom. The number of benzene rings is 4. The molecule has 0 saturated carbocycles. The molecule has 2 heteroatoms. The summed E-state index contributed by atoms with van der Waals surface area (Å²) in [6.45, 7) is 0. The molecule has 1 nitrogen and oxygen atoms in total. The van der Waals surface area contributed by atoms with Crippen molar-refractivity contribution in [3.63, 3.8) is 0 Å². The molecule has 0 amide bonds. The third kappa shape index (κ3) is 1.96. The van der Waals surface area contributed by atoms with Gasteiger partial charge in [0, 0.05) is 10.9 Å². The molecule has 4 aromatic carbocycles. The predicted octanol–water partition coefficient (Wildman–Crippen LogP) is 6.27. The van der Waals surface area contributed by atoms with Crippen molar-refractivity contribution in [1.82, 2.24) is 4.98 Å². The van der Waals surface area contributed by atoms with Crippen molar-refractivity contribution in [1.29, 1.82) is 0 Å². The highest BCUT2D eigenvalue weighted by atomic mass is 32.1. The van der Waals surface area contributed by atoms with Gasteiger partial charge in [0.1, 0.15) is 5.01 Å². The molecule has 5 rings (SSSR count). The summed E-state index contributed by atoms with van der Waals surface area (Å²) in [4.78, 5) is 4.98. The monoisotopic (exact) mass is 311 g/mol. The van der Waals surface area contributed by atoms with Crippen LogP contribution in [0.4, 0.5) is 0 Å². The van der Waals surface area contributed by atoms with Crippen molar-refractivity contribution in [3.8, 4) is 10.6 Å². The van der Waals surface area contributed by atoms with E-state index in [1.54, 1.807) is 11.3 Å². The highest BCUT2D eigenvalue weighted by Crippen LogP contribution is 2.36. The Kier molecular flexibility index (Phi) is 2.73. The molecule has 0 radical (unpaired) electrons. The zero-order valence-electron chi connectivity index (χ0n) is 12.4. The van der Waals surface area contributed by atoms with E-state index in [1.165, 1.54) is 31.8 Å². The van der Waals surface area contributed by atoms with E-state index in [2.05, 4.69) is 78.9 Å². The van der Waals surface area contributed by atoms with E-state index in [4.69, 9.17) is 4.98 Å². The Bertz CT molecular complexity index is 1160. The summed E-state index contributed by atoms with van der Waals surface area (Å²) in [6.07, 6.45) is 0. The number of hydrogen-bond acceptors (Lipinski definition) is 2. The first kappa shape index (κ1) is 12.8. The molecule has 23 heavy (non-hydrogen) atoms. The molecule has 0 bridgehead atoms. The standard InChI is InChI=1S/C21H13NS/c1-3-9-16-14(6-1)8-5-11-18(16)21-22-20-17-10-4-2-7-15(17)12-13-19(20)23-21/h1-13H. The maximum Gasteiger partial charge on any atom is 0.125 e. The lowest BCUT2D eigenvalue weighted by atomic mass is 10.1. The van der Waals surface area contributed by atoms with Crippen LogP contribution in [-0.2, 0) is 0 Å². The van der Waals surface area contributed by atoms with E-state index < -0.39 is 0 Å². The summed E-state index contributed by atoms with van der Waals surface area (Å²) >= 11 is 1.77. The molecule has 5 aromatic rings. The van der Waals surface area contributed by atoms with Crippen LogP contribution < -0.4 is 0 Å². The third-order valence-corrected chi connectivity index (χ3v) is 5.36. The second-order valence-electron chi connectivity index (χ2n) is 5.68. The fourth-order valence-electron chi connectivity index (χ4n) is 3.19. The van der Waals surface area contributed by atoms with Gasteiger partial charge in [0.2, 0.25) is 0 Å². The van der Waals surface area contributed by atoms with Gasteiger partial charge < -0.3 is 0 Å². The molecule has 1 aromatic heterocycles. The van der Waals surface area contributed by atoms with Gasteiger partial charge in [-0.25, -0.2) is 4.98 Å². The molecule has 0 saturated heterocycles. The number of hydrogen-bond donors (Lipinski definition) is 0. The molecule has 0 aliphatic rings. The molecule has 0 N–H and O–H groups in total. The van der Waals surface area contributed by atoms with Crippen molar-refractivity contribution < 1.29 is 0 Å². The second kappa shape index (κ2) is 4.90. The predicted molar refractivity (Wildman–Crippen MR) is 100 cm³/mol. The Hall–Kier alpha value is -2.71. The summed E-state index contributed by atoms with van der Waals surface area (Å²) in [5.74, 6) is 0. The minimum Gasteiger partial charge on any atom is -0.235 e. The van der Waals surface area contributed by atoms with Crippen LogP contribution in [0.25, 0.3) is 42.3 Å². The van der Waals surface area contributed by atoms with E-state index in [0.717, 1.165) is 10.5 Å².